The lowest BCUT2D eigenvalue weighted by molar-refractivity contribution is -0.123. The van der Waals surface area contributed by atoms with Crippen LogP contribution in [0.2, 0.25) is 5.02 Å². The summed E-state index contributed by atoms with van der Waals surface area (Å²) in [6.07, 6.45) is -0.0246. The van der Waals surface area contributed by atoms with Gasteiger partial charge in [-0.15, -0.1) is 0 Å². The van der Waals surface area contributed by atoms with Gasteiger partial charge in [0, 0.05) is 18.1 Å². The summed E-state index contributed by atoms with van der Waals surface area (Å²) in [5, 5.41) is 11.2. The molecule has 24 heavy (non-hydrogen) atoms. The van der Waals surface area contributed by atoms with Gasteiger partial charge in [0.05, 0.1) is 12.5 Å². The minimum absolute atomic E-state index is 0.0738. The molecule has 0 saturated heterocycles. The Kier molecular flexibility index (Phi) is 6.73. The fourth-order valence-electron chi connectivity index (χ4n) is 2.66. The van der Waals surface area contributed by atoms with Crippen LogP contribution in [-0.4, -0.2) is 19.1 Å². The molecule has 0 aliphatic heterocycles. The number of nitrogens with one attached hydrogen (secondary N) is 1. The standard InChI is InChI=1S/C18H18ClFNO3/c1-24-17(11-18(22)21-23)16(13-4-8-15(20)9-5-13)10-12-2-6-14(19)7-3-12/h2-9,16-17H,10-11H2,1H3,(H-,21,22,23)/q-1/t16-,17-/m1/s1. The summed E-state index contributed by atoms with van der Waals surface area (Å²) in [6, 6.07) is 13.4. The highest BCUT2D eigenvalue weighted by Crippen LogP contribution is 2.29. The fraction of sp³-hybridized carbons (Fsp3) is 0.278. The van der Waals surface area contributed by atoms with Gasteiger partial charge in [0.25, 0.3) is 0 Å². The highest BCUT2D eigenvalue weighted by Gasteiger charge is 2.25. The number of rotatable bonds is 7. The van der Waals surface area contributed by atoms with Crippen LogP contribution < -0.4 is 5.48 Å². The predicted molar refractivity (Wildman–Crippen MR) is 91.2 cm³/mol. The van der Waals surface area contributed by atoms with Gasteiger partial charge in [-0.1, -0.05) is 35.9 Å². The quantitative estimate of drug-likeness (QED) is 0.772. The summed E-state index contributed by atoms with van der Waals surface area (Å²) >= 11 is 5.91. The van der Waals surface area contributed by atoms with Crippen molar-refractivity contribution < 1.29 is 13.9 Å². The van der Waals surface area contributed by atoms with Crippen molar-refractivity contribution in [3.05, 3.63) is 75.7 Å². The van der Waals surface area contributed by atoms with Crippen molar-refractivity contribution in [3.63, 3.8) is 0 Å². The lowest BCUT2D eigenvalue weighted by Crippen LogP contribution is -2.30. The molecule has 0 unspecified atom stereocenters. The van der Waals surface area contributed by atoms with E-state index < -0.39 is 12.0 Å². The first kappa shape index (κ1) is 18.4. The number of carbonyl (C=O) groups is 1. The second-order valence-electron chi connectivity index (χ2n) is 5.49. The molecular weight excluding hydrogens is 333 g/mol. The van der Waals surface area contributed by atoms with Crippen molar-refractivity contribution in [2.24, 2.45) is 0 Å². The predicted octanol–water partition coefficient (Wildman–Crippen LogP) is 3.82. The molecule has 128 valence electrons. The number of amides is 1. The van der Waals surface area contributed by atoms with E-state index in [1.165, 1.54) is 24.7 Å². The van der Waals surface area contributed by atoms with E-state index in [0.29, 0.717) is 11.4 Å². The first-order valence-electron chi connectivity index (χ1n) is 7.47. The Bertz CT molecular complexity index is 661. The zero-order valence-corrected chi connectivity index (χ0v) is 13.9. The van der Waals surface area contributed by atoms with Crippen LogP contribution in [-0.2, 0) is 16.0 Å². The Morgan fingerprint density at radius 1 is 1.21 bits per heavy atom. The highest BCUT2D eigenvalue weighted by atomic mass is 35.5. The molecule has 0 spiro atoms. The van der Waals surface area contributed by atoms with Gasteiger partial charge in [0.15, 0.2) is 0 Å². The molecule has 0 aromatic heterocycles. The normalized spacial score (nSPS) is 13.3. The second kappa shape index (κ2) is 8.78. The van der Waals surface area contributed by atoms with Crippen LogP contribution in [0, 0.1) is 11.0 Å². The molecule has 1 N–H and O–H groups in total. The number of hydrogen-bond acceptors (Lipinski definition) is 3. The number of hydrogen-bond donors (Lipinski definition) is 1. The average Bonchev–Trinajstić information content (AvgIpc) is 2.60. The van der Waals surface area contributed by atoms with Crippen molar-refractivity contribution in [3.8, 4) is 0 Å². The molecule has 0 saturated carbocycles. The van der Waals surface area contributed by atoms with Gasteiger partial charge in [-0.25, -0.2) is 4.39 Å². The van der Waals surface area contributed by atoms with E-state index >= 15 is 0 Å². The van der Waals surface area contributed by atoms with E-state index in [4.69, 9.17) is 16.3 Å². The maximum Gasteiger partial charge on any atom is 0.212 e. The molecule has 2 atom stereocenters. The summed E-state index contributed by atoms with van der Waals surface area (Å²) in [6.45, 7) is 0. The Morgan fingerprint density at radius 2 is 1.83 bits per heavy atom. The SMILES string of the molecule is CO[C@H](CC(=O)N[O-])[C@H](Cc1ccc(Cl)cc1)c1ccc(F)cc1. The monoisotopic (exact) mass is 350 g/mol. The highest BCUT2D eigenvalue weighted by molar-refractivity contribution is 6.30. The summed E-state index contributed by atoms with van der Waals surface area (Å²) in [4.78, 5) is 11.5. The molecule has 6 heteroatoms. The van der Waals surface area contributed by atoms with E-state index in [9.17, 15) is 14.4 Å². The first-order valence-corrected chi connectivity index (χ1v) is 7.85. The first-order chi connectivity index (χ1) is 11.5. The second-order valence-corrected chi connectivity index (χ2v) is 5.93. The maximum absolute atomic E-state index is 13.2. The van der Waals surface area contributed by atoms with Gasteiger partial charge in [0.2, 0.25) is 5.91 Å². The Balaban J connectivity index is 2.30. The Hall–Kier alpha value is -1.95. The number of carbonyl (C=O) groups excluding carboxylic acids is 1. The van der Waals surface area contributed by atoms with Crippen molar-refractivity contribution in [1.29, 1.82) is 0 Å². The van der Waals surface area contributed by atoms with Gasteiger partial charge in [0.1, 0.15) is 5.82 Å². The zero-order valence-electron chi connectivity index (χ0n) is 13.2. The minimum atomic E-state index is -0.648. The van der Waals surface area contributed by atoms with Crippen LogP contribution in [0.1, 0.15) is 23.5 Å². The molecule has 2 aromatic rings. The van der Waals surface area contributed by atoms with Crippen molar-refractivity contribution in [1.82, 2.24) is 5.48 Å². The Morgan fingerprint density at radius 3 is 2.38 bits per heavy atom. The van der Waals surface area contributed by atoms with Gasteiger partial charge >= 0.3 is 0 Å². The summed E-state index contributed by atoms with van der Waals surface area (Å²) in [5.74, 6) is -1.20. The molecule has 0 fully saturated rings. The van der Waals surface area contributed by atoms with Crippen LogP contribution >= 0.6 is 11.6 Å². The summed E-state index contributed by atoms with van der Waals surface area (Å²) < 4.78 is 18.7. The Labute approximate surface area is 145 Å². The van der Waals surface area contributed by atoms with Crippen molar-refractivity contribution in [2.75, 3.05) is 7.11 Å². The third kappa shape index (κ3) is 5.03. The molecule has 0 heterocycles. The van der Waals surface area contributed by atoms with E-state index in [0.717, 1.165) is 11.1 Å². The van der Waals surface area contributed by atoms with Gasteiger partial charge in [-0.2, -0.15) is 0 Å². The van der Waals surface area contributed by atoms with Gasteiger partial charge in [-0.3, -0.25) is 4.79 Å². The van der Waals surface area contributed by atoms with E-state index in [2.05, 4.69) is 0 Å². The average molecular weight is 351 g/mol. The summed E-state index contributed by atoms with van der Waals surface area (Å²) in [7, 11) is 1.49. The molecule has 2 aromatic carbocycles. The maximum atomic E-state index is 13.2. The lowest BCUT2D eigenvalue weighted by Gasteiger charge is -2.27. The smallest absolute Gasteiger partial charge is 0.212 e. The van der Waals surface area contributed by atoms with E-state index in [-0.39, 0.29) is 18.2 Å². The van der Waals surface area contributed by atoms with Crippen LogP contribution in [0.5, 0.6) is 0 Å². The number of hydroxylamine groups is 1. The van der Waals surface area contributed by atoms with E-state index in [1.807, 2.05) is 12.1 Å². The third-order valence-corrected chi connectivity index (χ3v) is 4.17. The van der Waals surface area contributed by atoms with Crippen molar-refractivity contribution >= 4 is 17.5 Å². The molecule has 0 aliphatic carbocycles. The number of ether oxygens (including phenoxy) is 1. The fourth-order valence-corrected chi connectivity index (χ4v) is 2.79. The molecule has 0 bridgehead atoms. The summed E-state index contributed by atoms with van der Waals surface area (Å²) in [5.41, 5.74) is 3.20. The molecule has 0 aliphatic rings. The zero-order chi connectivity index (χ0) is 17.5. The van der Waals surface area contributed by atoms with Crippen LogP contribution in [0.25, 0.3) is 0 Å². The lowest BCUT2D eigenvalue weighted by atomic mass is 9.85. The molecule has 4 nitrogen and oxygen atoms in total. The van der Waals surface area contributed by atoms with Crippen LogP contribution in [0.3, 0.4) is 0 Å². The molecule has 2 rings (SSSR count). The number of benzene rings is 2. The molecule has 1 amide bonds. The van der Waals surface area contributed by atoms with Crippen LogP contribution in [0.4, 0.5) is 4.39 Å². The topological polar surface area (TPSA) is 61.4 Å². The van der Waals surface area contributed by atoms with Gasteiger partial charge in [-0.05, 0) is 41.8 Å². The van der Waals surface area contributed by atoms with E-state index in [1.54, 1.807) is 24.3 Å². The minimum Gasteiger partial charge on any atom is -0.759 e. The molecular formula is C18H18ClFNO3-. The number of methoxy groups -OCH3 is 1. The molecule has 0 radical (unpaired) electrons. The largest absolute Gasteiger partial charge is 0.759 e. The third-order valence-electron chi connectivity index (χ3n) is 3.92. The van der Waals surface area contributed by atoms with Gasteiger partial charge < -0.3 is 15.4 Å². The number of halogens is 2. The van der Waals surface area contributed by atoms with Crippen LogP contribution in [0.15, 0.2) is 48.5 Å². The van der Waals surface area contributed by atoms with Crippen molar-refractivity contribution in [2.45, 2.75) is 24.9 Å².